The van der Waals surface area contributed by atoms with Crippen LogP contribution in [0.2, 0.25) is 0 Å². The van der Waals surface area contributed by atoms with Crippen LogP contribution < -0.4 is 10.7 Å². The molecule has 1 heterocycles. The third-order valence-electron chi connectivity index (χ3n) is 5.64. The molecule has 1 aromatic rings. The number of carbonyl (C=O) groups is 1. The van der Waals surface area contributed by atoms with E-state index in [-0.39, 0.29) is 17.2 Å². The summed E-state index contributed by atoms with van der Waals surface area (Å²) in [5.74, 6) is -0.952. The number of amides is 1. The third kappa shape index (κ3) is 4.43. The van der Waals surface area contributed by atoms with E-state index in [4.69, 9.17) is 0 Å². The van der Waals surface area contributed by atoms with Crippen LogP contribution in [0.15, 0.2) is 47.4 Å². The lowest BCUT2D eigenvalue weighted by Gasteiger charge is -2.31. The van der Waals surface area contributed by atoms with Crippen LogP contribution in [0.5, 0.6) is 5.75 Å². The molecular formula is C22H29N3O3. The summed E-state index contributed by atoms with van der Waals surface area (Å²) in [4.78, 5) is 24.6. The molecule has 6 nitrogen and oxygen atoms in total. The van der Waals surface area contributed by atoms with E-state index in [2.05, 4.69) is 29.1 Å². The summed E-state index contributed by atoms with van der Waals surface area (Å²) >= 11 is 0. The Morgan fingerprint density at radius 3 is 2.75 bits per heavy atom. The molecule has 1 aromatic heterocycles. The van der Waals surface area contributed by atoms with E-state index in [1.54, 1.807) is 4.68 Å². The zero-order chi connectivity index (χ0) is 20.1. The van der Waals surface area contributed by atoms with Crippen LogP contribution in [0.4, 0.5) is 0 Å². The van der Waals surface area contributed by atoms with Crippen molar-refractivity contribution < 1.29 is 9.90 Å². The van der Waals surface area contributed by atoms with Crippen molar-refractivity contribution >= 4 is 5.91 Å². The molecule has 28 heavy (non-hydrogen) atoms. The van der Waals surface area contributed by atoms with Gasteiger partial charge in [0, 0.05) is 11.5 Å². The van der Waals surface area contributed by atoms with Crippen LogP contribution in [0.1, 0.15) is 62.4 Å². The highest BCUT2D eigenvalue weighted by atomic mass is 16.3. The maximum atomic E-state index is 12.4. The van der Waals surface area contributed by atoms with Crippen LogP contribution in [0, 0.1) is 5.41 Å². The summed E-state index contributed by atoms with van der Waals surface area (Å²) in [5, 5.41) is 17.2. The van der Waals surface area contributed by atoms with Gasteiger partial charge in [-0.2, -0.15) is 5.10 Å². The average Bonchev–Trinajstić information content (AvgIpc) is 3.36. The van der Waals surface area contributed by atoms with E-state index >= 15 is 0 Å². The summed E-state index contributed by atoms with van der Waals surface area (Å²) in [6.45, 7) is 6.49. The number of hydrogen-bond acceptors (Lipinski definition) is 4. The molecule has 6 heteroatoms. The molecule has 0 bridgehead atoms. The van der Waals surface area contributed by atoms with E-state index < -0.39 is 17.1 Å². The van der Waals surface area contributed by atoms with Crippen molar-refractivity contribution in [3.05, 3.63) is 58.6 Å². The molecule has 0 radical (unpaired) electrons. The molecule has 2 aliphatic rings. The first-order valence-corrected chi connectivity index (χ1v) is 10.0. The van der Waals surface area contributed by atoms with Crippen LogP contribution in [-0.4, -0.2) is 26.8 Å². The van der Waals surface area contributed by atoms with Gasteiger partial charge in [-0.25, -0.2) is 0 Å². The van der Waals surface area contributed by atoms with E-state index in [1.165, 1.54) is 6.20 Å². The maximum Gasteiger partial charge on any atom is 0.276 e. The Morgan fingerprint density at radius 2 is 2.14 bits per heavy atom. The molecule has 150 valence electrons. The SMILES string of the molecule is C=C/C(=C\C/C=C\C)C1(Cn2cc(O)c(=O)c(C(=O)NC3CC3)n2)CCCC1. The third-order valence-corrected chi connectivity index (χ3v) is 5.64. The smallest absolute Gasteiger partial charge is 0.276 e. The highest BCUT2D eigenvalue weighted by Gasteiger charge is 2.37. The Balaban J connectivity index is 1.91. The van der Waals surface area contributed by atoms with E-state index in [9.17, 15) is 14.7 Å². The predicted molar refractivity (Wildman–Crippen MR) is 109 cm³/mol. The average molecular weight is 383 g/mol. The fourth-order valence-electron chi connectivity index (χ4n) is 3.98. The van der Waals surface area contributed by atoms with Crippen molar-refractivity contribution in [1.82, 2.24) is 15.1 Å². The molecule has 0 spiro atoms. The fourth-order valence-corrected chi connectivity index (χ4v) is 3.98. The minimum absolute atomic E-state index is 0.118. The number of nitrogens with zero attached hydrogens (tertiary/aromatic N) is 2. The standard InChI is InChI=1S/C22H29N3O3/c1-3-5-6-9-16(4-2)22(12-7-8-13-22)15-25-14-18(26)20(27)19(24-25)21(28)23-17-10-11-17/h3-5,9,14,17,26H,2,6-8,10-13,15H2,1H3,(H,23,28)/b5-3-,16-9+. The molecule has 0 atom stereocenters. The van der Waals surface area contributed by atoms with Crippen LogP contribution in [0.3, 0.4) is 0 Å². The Hall–Kier alpha value is -2.63. The van der Waals surface area contributed by atoms with Gasteiger partial charge in [0.15, 0.2) is 11.4 Å². The summed E-state index contributed by atoms with van der Waals surface area (Å²) in [6, 6.07) is 0.118. The van der Waals surface area contributed by atoms with Crippen molar-refractivity contribution in [3.8, 4) is 5.75 Å². The molecule has 0 unspecified atom stereocenters. The normalized spacial score (nSPS) is 19.1. The van der Waals surface area contributed by atoms with E-state index in [0.717, 1.165) is 50.5 Å². The molecule has 2 fully saturated rings. The number of rotatable bonds is 8. The van der Waals surface area contributed by atoms with Crippen LogP contribution in [-0.2, 0) is 6.54 Å². The van der Waals surface area contributed by atoms with Crippen molar-refractivity contribution in [1.29, 1.82) is 0 Å². The molecule has 2 aliphatic carbocycles. The molecular weight excluding hydrogens is 354 g/mol. The van der Waals surface area contributed by atoms with Gasteiger partial charge < -0.3 is 10.4 Å². The summed E-state index contributed by atoms with van der Waals surface area (Å²) < 4.78 is 1.55. The highest BCUT2D eigenvalue weighted by molar-refractivity contribution is 5.92. The lowest BCUT2D eigenvalue weighted by Crippen LogP contribution is -2.34. The van der Waals surface area contributed by atoms with Crippen molar-refractivity contribution in [2.45, 2.75) is 64.5 Å². The molecule has 2 N–H and O–H groups in total. The lowest BCUT2D eigenvalue weighted by molar-refractivity contribution is 0.0940. The number of aromatic nitrogens is 2. The first-order valence-electron chi connectivity index (χ1n) is 10.0. The Bertz CT molecular complexity index is 856. The molecule has 0 saturated heterocycles. The van der Waals surface area contributed by atoms with Gasteiger partial charge in [0.1, 0.15) is 0 Å². The first-order chi connectivity index (χ1) is 13.5. The number of nitrogens with one attached hydrogen (secondary N) is 1. The predicted octanol–water partition coefficient (Wildman–Crippen LogP) is 3.48. The van der Waals surface area contributed by atoms with Gasteiger partial charge in [0.05, 0.1) is 12.7 Å². The minimum Gasteiger partial charge on any atom is -0.503 e. The zero-order valence-corrected chi connectivity index (χ0v) is 16.5. The van der Waals surface area contributed by atoms with Gasteiger partial charge in [-0.05, 0) is 44.6 Å². The summed E-state index contributed by atoms with van der Waals surface area (Å²) in [7, 11) is 0. The number of allylic oxidation sites excluding steroid dienone is 5. The Morgan fingerprint density at radius 1 is 1.43 bits per heavy atom. The molecule has 0 aromatic carbocycles. The Kier molecular flexibility index (Phi) is 6.17. The number of carbonyl (C=O) groups excluding carboxylic acids is 1. The second-order valence-corrected chi connectivity index (χ2v) is 7.79. The van der Waals surface area contributed by atoms with Crippen LogP contribution >= 0.6 is 0 Å². The van der Waals surface area contributed by atoms with Crippen LogP contribution in [0.25, 0.3) is 0 Å². The molecule has 0 aliphatic heterocycles. The summed E-state index contributed by atoms with van der Waals surface area (Å²) in [6.07, 6.45) is 16.4. The van der Waals surface area contributed by atoms with Crippen molar-refractivity contribution in [3.63, 3.8) is 0 Å². The fraction of sp³-hybridized carbons (Fsp3) is 0.500. The number of hydrogen-bond donors (Lipinski definition) is 2. The lowest BCUT2D eigenvalue weighted by atomic mass is 9.77. The van der Waals surface area contributed by atoms with Crippen molar-refractivity contribution in [2.75, 3.05) is 0 Å². The minimum atomic E-state index is -0.720. The van der Waals surface area contributed by atoms with Gasteiger partial charge in [0.25, 0.3) is 11.3 Å². The van der Waals surface area contributed by atoms with Crippen molar-refractivity contribution in [2.24, 2.45) is 5.41 Å². The molecule has 2 saturated carbocycles. The second kappa shape index (κ2) is 8.59. The second-order valence-electron chi connectivity index (χ2n) is 7.79. The van der Waals surface area contributed by atoms with Gasteiger partial charge in [-0.1, -0.05) is 43.7 Å². The van der Waals surface area contributed by atoms with Gasteiger partial charge in [-0.3, -0.25) is 14.3 Å². The summed E-state index contributed by atoms with van der Waals surface area (Å²) in [5.41, 5.74) is 0.0508. The van der Waals surface area contributed by atoms with Gasteiger partial charge >= 0.3 is 0 Å². The van der Waals surface area contributed by atoms with E-state index in [0.29, 0.717) is 6.54 Å². The molecule has 3 rings (SSSR count). The van der Waals surface area contributed by atoms with Gasteiger partial charge in [-0.15, -0.1) is 0 Å². The van der Waals surface area contributed by atoms with Gasteiger partial charge in [0.2, 0.25) is 0 Å². The van der Waals surface area contributed by atoms with E-state index in [1.807, 2.05) is 19.1 Å². The first kappa shape index (κ1) is 20.1. The topological polar surface area (TPSA) is 84.2 Å². The highest BCUT2D eigenvalue weighted by Crippen LogP contribution is 2.46. The monoisotopic (exact) mass is 383 g/mol. The quantitative estimate of drug-likeness (QED) is 0.532. The maximum absolute atomic E-state index is 12.4. The Labute approximate surface area is 165 Å². The number of aromatic hydroxyl groups is 1. The zero-order valence-electron chi connectivity index (χ0n) is 16.5. The largest absolute Gasteiger partial charge is 0.503 e. The molecule has 1 amide bonds.